The summed E-state index contributed by atoms with van der Waals surface area (Å²) in [5.41, 5.74) is 0. The molecule has 16 heavy (non-hydrogen) atoms. The van der Waals surface area contributed by atoms with Gasteiger partial charge >= 0.3 is 0 Å². The van der Waals surface area contributed by atoms with Gasteiger partial charge in [0.15, 0.2) is 0 Å². The van der Waals surface area contributed by atoms with E-state index in [1.165, 1.54) is 12.8 Å². The van der Waals surface area contributed by atoms with Crippen LogP contribution in [0.1, 0.15) is 19.3 Å². The number of rotatable bonds is 6. The molecule has 1 heterocycles. The largest absolute Gasteiger partial charge is 0.379 e. The van der Waals surface area contributed by atoms with Crippen LogP contribution >= 0.6 is 12.4 Å². The number of likely N-dealkylation sites (N-methyl/N-ethyl adjacent to an activating group) is 1. The molecule has 0 aromatic heterocycles. The van der Waals surface area contributed by atoms with Crippen molar-refractivity contribution in [2.75, 3.05) is 33.4 Å². The van der Waals surface area contributed by atoms with Crippen molar-refractivity contribution in [1.29, 1.82) is 0 Å². The van der Waals surface area contributed by atoms with Gasteiger partial charge in [0, 0.05) is 20.2 Å². The van der Waals surface area contributed by atoms with Gasteiger partial charge in [0.2, 0.25) is 5.91 Å². The molecular weight excluding hydrogens is 228 g/mol. The molecule has 1 aliphatic heterocycles. The van der Waals surface area contributed by atoms with Gasteiger partial charge < -0.3 is 15.0 Å². The first-order valence-electron chi connectivity index (χ1n) is 5.83. The molecule has 2 rings (SSSR count). The molecule has 1 aliphatic carbocycles. The van der Waals surface area contributed by atoms with E-state index in [0.29, 0.717) is 13.2 Å². The molecule has 2 aliphatic rings. The third-order valence-electron chi connectivity index (χ3n) is 3.12. The smallest absolute Gasteiger partial charge is 0.239 e. The van der Waals surface area contributed by atoms with Crippen LogP contribution in [0, 0.1) is 5.92 Å². The summed E-state index contributed by atoms with van der Waals surface area (Å²) < 4.78 is 5.50. The molecule has 0 spiro atoms. The van der Waals surface area contributed by atoms with Crippen molar-refractivity contribution in [2.24, 2.45) is 5.92 Å². The minimum atomic E-state index is 0. The fourth-order valence-electron chi connectivity index (χ4n) is 1.61. The molecule has 0 radical (unpaired) electrons. The number of amides is 1. The SMILES string of the molecule is CN(CCOCC1CC1)C(=O)[C@H]1CCN1.Cl. The molecule has 2 fully saturated rings. The Labute approximate surface area is 103 Å². The second kappa shape index (κ2) is 6.42. The van der Waals surface area contributed by atoms with Crippen LogP contribution in [0.4, 0.5) is 0 Å². The predicted molar refractivity (Wildman–Crippen MR) is 64.8 cm³/mol. The van der Waals surface area contributed by atoms with Crippen LogP contribution in [0.5, 0.6) is 0 Å². The summed E-state index contributed by atoms with van der Waals surface area (Å²) in [6.07, 6.45) is 3.62. The van der Waals surface area contributed by atoms with Gasteiger partial charge in [-0.25, -0.2) is 0 Å². The first kappa shape index (κ1) is 13.7. The Morgan fingerprint density at radius 1 is 1.44 bits per heavy atom. The van der Waals surface area contributed by atoms with E-state index in [-0.39, 0.29) is 24.4 Å². The quantitative estimate of drug-likeness (QED) is 0.702. The first-order valence-corrected chi connectivity index (χ1v) is 5.83. The van der Waals surface area contributed by atoms with Crippen LogP contribution in [0.15, 0.2) is 0 Å². The van der Waals surface area contributed by atoms with Crippen molar-refractivity contribution < 1.29 is 9.53 Å². The van der Waals surface area contributed by atoms with Gasteiger partial charge in [0.05, 0.1) is 12.6 Å². The zero-order valence-corrected chi connectivity index (χ0v) is 10.6. The van der Waals surface area contributed by atoms with Gasteiger partial charge in [-0.2, -0.15) is 0 Å². The second-order valence-corrected chi connectivity index (χ2v) is 4.57. The van der Waals surface area contributed by atoms with Crippen molar-refractivity contribution in [3.05, 3.63) is 0 Å². The van der Waals surface area contributed by atoms with E-state index in [9.17, 15) is 4.79 Å². The number of ether oxygens (including phenoxy) is 1. The summed E-state index contributed by atoms with van der Waals surface area (Å²) in [5.74, 6) is 1.01. The molecule has 0 aromatic carbocycles. The number of nitrogens with one attached hydrogen (secondary N) is 1. The highest BCUT2D eigenvalue weighted by atomic mass is 35.5. The molecule has 0 aromatic rings. The number of halogens is 1. The normalized spacial score (nSPS) is 23.2. The van der Waals surface area contributed by atoms with E-state index in [0.717, 1.165) is 25.5 Å². The van der Waals surface area contributed by atoms with Crippen LogP contribution in [0.3, 0.4) is 0 Å². The maximum absolute atomic E-state index is 11.7. The van der Waals surface area contributed by atoms with E-state index in [2.05, 4.69) is 5.32 Å². The van der Waals surface area contributed by atoms with Crippen LogP contribution in [0.25, 0.3) is 0 Å². The zero-order chi connectivity index (χ0) is 10.7. The molecule has 0 unspecified atom stereocenters. The number of nitrogens with zero attached hydrogens (tertiary/aromatic N) is 1. The average Bonchev–Trinajstić information content (AvgIpc) is 2.92. The van der Waals surface area contributed by atoms with E-state index in [1.807, 2.05) is 7.05 Å². The van der Waals surface area contributed by atoms with Crippen LogP contribution in [0.2, 0.25) is 0 Å². The lowest BCUT2D eigenvalue weighted by Gasteiger charge is -2.30. The molecule has 0 bridgehead atoms. The molecule has 1 saturated carbocycles. The maximum atomic E-state index is 11.7. The van der Waals surface area contributed by atoms with Gasteiger partial charge in [-0.1, -0.05) is 0 Å². The molecule has 4 nitrogen and oxygen atoms in total. The molecule has 5 heteroatoms. The van der Waals surface area contributed by atoms with E-state index < -0.39 is 0 Å². The van der Waals surface area contributed by atoms with Crippen LogP contribution in [-0.4, -0.2) is 50.2 Å². The van der Waals surface area contributed by atoms with Crippen molar-refractivity contribution in [2.45, 2.75) is 25.3 Å². The van der Waals surface area contributed by atoms with Gasteiger partial charge in [-0.3, -0.25) is 4.79 Å². The van der Waals surface area contributed by atoms with Crippen molar-refractivity contribution in [3.63, 3.8) is 0 Å². The lowest BCUT2D eigenvalue weighted by Crippen LogP contribution is -2.54. The number of hydrogen-bond acceptors (Lipinski definition) is 3. The fraction of sp³-hybridized carbons (Fsp3) is 0.909. The number of carbonyl (C=O) groups is 1. The van der Waals surface area contributed by atoms with Crippen LogP contribution < -0.4 is 5.32 Å². The highest BCUT2D eigenvalue weighted by Crippen LogP contribution is 2.28. The topological polar surface area (TPSA) is 41.6 Å². The Morgan fingerprint density at radius 2 is 2.12 bits per heavy atom. The monoisotopic (exact) mass is 248 g/mol. The Bertz CT molecular complexity index is 230. The Hall–Kier alpha value is -0.320. The predicted octanol–water partition coefficient (Wildman–Crippen LogP) is 0.655. The summed E-state index contributed by atoms with van der Waals surface area (Å²) in [7, 11) is 1.85. The summed E-state index contributed by atoms with van der Waals surface area (Å²) in [6.45, 7) is 3.24. The van der Waals surface area contributed by atoms with Gasteiger partial charge in [0.1, 0.15) is 0 Å². The first-order chi connectivity index (χ1) is 7.27. The van der Waals surface area contributed by atoms with E-state index in [4.69, 9.17) is 4.74 Å². The minimum Gasteiger partial charge on any atom is -0.379 e. The molecular formula is C11H21ClN2O2. The third kappa shape index (κ3) is 3.92. The van der Waals surface area contributed by atoms with Gasteiger partial charge in [0.25, 0.3) is 0 Å². The van der Waals surface area contributed by atoms with Crippen molar-refractivity contribution in [3.8, 4) is 0 Å². The average molecular weight is 249 g/mol. The third-order valence-corrected chi connectivity index (χ3v) is 3.12. The van der Waals surface area contributed by atoms with E-state index in [1.54, 1.807) is 4.90 Å². The maximum Gasteiger partial charge on any atom is 0.239 e. The fourth-order valence-corrected chi connectivity index (χ4v) is 1.61. The Balaban J connectivity index is 0.00000128. The Morgan fingerprint density at radius 3 is 2.62 bits per heavy atom. The van der Waals surface area contributed by atoms with Crippen molar-refractivity contribution >= 4 is 18.3 Å². The highest BCUT2D eigenvalue weighted by Gasteiger charge is 2.27. The molecule has 1 N–H and O–H groups in total. The number of hydrogen-bond donors (Lipinski definition) is 1. The molecule has 1 atom stereocenters. The lowest BCUT2D eigenvalue weighted by molar-refractivity contribution is -0.134. The summed E-state index contributed by atoms with van der Waals surface area (Å²) in [5, 5.41) is 3.11. The second-order valence-electron chi connectivity index (χ2n) is 4.57. The summed E-state index contributed by atoms with van der Waals surface area (Å²) in [6, 6.07) is 0.0680. The standard InChI is InChI=1S/C11H20N2O2.ClH/c1-13(11(14)10-4-5-12-10)6-7-15-8-9-2-3-9;/h9-10,12H,2-8H2,1H3;1H/t10-;/m1./s1. The lowest BCUT2D eigenvalue weighted by atomic mass is 10.1. The zero-order valence-electron chi connectivity index (χ0n) is 9.78. The number of carbonyl (C=O) groups excluding carboxylic acids is 1. The van der Waals surface area contributed by atoms with E-state index >= 15 is 0 Å². The molecule has 94 valence electrons. The highest BCUT2D eigenvalue weighted by molar-refractivity contribution is 5.85. The van der Waals surface area contributed by atoms with Gasteiger partial charge in [-0.05, 0) is 31.7 Å². The molecule has 1 saturated heterocycles. The summed E-state index contributed by atoms with van der Waals surface area (Å²) >= 11 is 0. The van der Waals surface area contributed by atoms with Gasteiger partial charge in [-0.15, -0.1) is 12.4 Å². The summed E-state index contributed by atoms with van der Waals surface area (Å²) in [4.78, 5) is 13.4. The molecule has 1 amide bonds. The van der Waals surface area contributed by atoms with Crippen LogP contribution in [-0.2, 0) is 9.53 Å². The van der Waals surface area contributed by atoms with Crippen molar-refractivity contribution in [1.82, 2.24) is 10.2 Å². The Kier molecular flexibility index (Phi) is 5.52. The minimum absolute atomic E-state index is 0.